The van der Waals surface area contributed by atoms with Crippen molar-refractivity contribution in [1.29, 1.82) is 5.26 Å². The Kier molecular flexibility index (Phi) is 6.47. The summed E-state index contributed by atoms with van der Waals surface area (Å²) >= 11 is 3.32. The summed E-state index contributed by atoms with van der Waals surface area (Å²) in [6.07, 6.45) is 3.09. The van der Waals surface area contributed by atoms with E-state index in [1.54, 1.807) is 0 Å². The number of alkyl halides is 1. The van der Waals surface area contributed by atoms with Crippen LogP contribution in [0, 0.1) is 17.9 Å². The number of nitrogens with zero attached hydrogens (tertiary/aromatic N) is 8. The van der Waals surface area contributed by atoms with Crippen LogP contribution in [0.15, 0.2) is 0 Å². The predicted molar refractivity (Wildman–Crippen MR) is 155 cm³/mol. The average molecular weight is 598 g/mol. The van der Waals surface area contributed by atoms with E-state index in [-0.39, 0.29) is 29.4 Å². The molecule has 5 aliphatic rings. The summed E-state index contributed by atoms with van der Waals surface area (Å²) in [5.74, 6) is 1.65. The third-order valence-electron chi connectivity index (χ3n) is 9.26. The number of rotatable bonds is 9. The van der Waals surface area contributed by atoms with E-state index < -0.39 is 11.7 Å². The quantitative estimate of drug-likeness (QED) is 0.414. The van der Waals surface area contributed by atoms with Crippen LogP contribution in [-0.2, 0) is 10.5 Å². The van der Waals surface area contributed by atoms with Crippen LogP contribution >= 0.6 is 23.1 Å². The molecule has 0 unspecified atom stereocenters. The average Bonchev–Trinajstić information content (AvgIpc) is 3.15. The van der Waals surface area contributed by atoms with E-state index in [1.807, 2.05) is 16.7 Å². The zero-order chi connectivity index (χ0) is 28.4. The van der Waals surface area contributed by atoms with Crippen LogP contribution in [0.25, 0.3) is 4.85 Å². The lowest BCUT2D eigenvalue weighted by molar-refractivity contribution is 0.107. The minimum atomic E-state index is -0.859. The van der Waals surface area contributed by atoms with Gasteiger partial charge in [0.15, 0.2) is 0 Å². The number of aliphatic hydroxyl groups excluding tert-OH is 1. The van der Waals surface area contributed by atoms with Gasteiger partial charge in [-0.3, -0.25) is 4.90 Å². The van der Waals surface area contributed by atoms with Crippen molar-refractivity contribution in [1.82, 2.24) is 19.9 Å². The minimum Gasteiger partial charge on any atom is -0.461 e. The lowest BCUT2D eigenvalue weighted by atomic mass is 9.88. The zero-order valence-electron chi connectivity index (χ0n) is 22.7. The van der Waals surface area contributed by atoms with Crippen LogP contribution in [0.4, 0.5) is 21.3 Å². The molecule has 1 aliphatic carbocycles. The van der Waals surface area contributed by atoms with Gasteiger partial charge in [0.05, 0.1) is 29.0 Å². The van der Waals surface area contributed by atoms with Gasteiger partial charge in [-0.05, 0) is 19.4 Å². The first-order valence-corrected chi connectivity index (χ1v) is 15.8. The second-order valence-electron chi connectivity index (χ2n) is 12.0. The number of nitrogen functional groups attached to an aromatic ring is 1. The smallest absolute Gasteiger partial charge is 0.323 e. The summed E-state index contributed by atoms with van der Waals surface area (Å²) in [7, 11) is 0. The first-order valence-electron chi connectivity index (χ1n) is 14.0. The third kappa shape index (κ3) is 4.47. The summed E-state index contributed by atoms with van der Waals surface area (Å²) in [6.45, 7) is 11.1. The summed E-state index contributed by atoms with van der Waals surface area (Å²) in [5.41, 5.74) is 6.97. The molecular formula is C27H32FN9O2S2. The van der Waals surface area contributed by atoms with Gasteiger partial charge in [-0.2, -0.15) is 20.2 Å². The number of aromatic nitrogens is 3. The SMILES string of the molecule is [C-]#[N+]C1(CN(CCO)c2nc(OC[C@@]34CCCN3C[C@H](F)C4)nc(N3CC4(C3)SCc3sc(N)c(C#N)c34)n2)CC1. The largest absolute Gasteiger partial charge is 0.461 e. The standard InChI is InChI=1S/C27H32FN9O2S2/c1-31-25(4-5-25)13-35(7-8-38)22-32-23(34-24(33-22)39-16-26-3-2-6-37(26)11-17(28)9-26)36-14-27(15-36)20-18(10-29)21(30)41-19(20)12-40-27/h17,38H,2-9,11-16,30H2/t17-,26+/m1/s1. The normalized spacial score (nSPS) is 26.7. The van der Waals surface area contributed by atoms with Gasteiger partial charge in [-0.25, -0.2) is 11.0 Å². The molecule has 0 aromatic carbocycles. The van der Waals surface area contributed by atoms with Gasteiger partial charge in [-0.1, -0.05) is 0 Å². The maximum atomic E-state index is 14.4. The first kappa shape index (κ1) is 27.0. The topological polar surface area (TPSA) is 132 Å². The molecule has 11 nitrogen and oxygen atoms in total. The molecule has 41 heavy (non-hydrogen) atoms. The molecule has 7 rings (SSSR count). The van der Waals surface area contributed by atoms with Crippen molar-refractivity contribution in [2.45, 2.75) is 59.9 Å². The minimum absolute atomic E-state index is 0.107. The van der Waals surface area contributed by atoms with Gasteiger partial charge >= 0.3 is 6.01 Å². The number of halogens is 1. The zero-order valence-corrected chi connectivity index (χ0v) is 24.3. The molecule has 2 atom stereocenters. The lowest BCUT2D eigenvalue weighted by Gasteiger charge is -2.47. The highest BCUT2D eigenvalue weighted by Gasteiger charge is 2.54. The Morgan fingerprint density at radius 1 is 1.29 bits per heavy atom. The van der Waals surface area contributed by atoms with Crippen LogP contribution < -0.4 is 20.3 Å². The molecule has 0 bridgehead atoms. The Bertz CT molecular complexity index is 1450. The molecule has 2 aromatic rings. The van der Waals surface area contributed by atoms with Crippen LogP contribution in [-0.4, -0.2) is 94.7 Å². The van der Waals surface area contributed by atoms with E-state index in [2.05, 4.69) is 25.7 Å². The number of nitriles is 1. The van der Waals surface area contributed by atoms with Crippen molar-refractivity contribution < 1.29 is 14.2 Å². The Morgan fingerprint density at radius 3 is 2.85 bits per heavy atom. The van der Waals surface area contributed by atoms with Crippen LogP contribution in [0.2, 0.25) is 0 Å². The highest BCUT2D eigenvalue weighted by atomic mass is 32.2. The Balaban J connectivity index is 1.18. The van der Waals surface area contributed by atoms with E-state index in [0.717, 1.165) is 48.4 Å². The number of anilines is 3. The Morgan fingerprint density at radius 2 is 2.12 bits per heavy atom. The van der Waals surface area contributed by atoms with E-state index in [0.29, 0.717) is 61.7 Å². The van der Waals surface area contributed by atoms with Gasteiger partial charge in [0, 0.05) is 61.6 Å². The summed E-state index contributed by atoms with van der Waals surface area (Å²) in [5, 5.41) is 20.2. The number of thiophene rings is 1. The lowest BCUT2D eigenvalue weighted by Crippen LogP contribution is -2.57. The van der Waals surface area contributed by atoms with Gasteiger partial charge in [-0.15, -0.1) is 23.1 Å². The molecule has 6 heterocycles. The Hall–Kier alpha value is -2.91. The second kappa shape index (κ2) is 9.83. The van der Waals surface area contributed by atoms with E-state index in [9.17, 15) is 14.8 Å². The first-order chi connectivity index (χ1) is 19.8. The number of hydrogen-bond donors (Lipinski definition) is 2. The monoisotopic (exact) mass is 597 g/mol. The highest BCUT2D eigenvalue weighted by molar-refractivity contribution is 8.00. The number of hydrogen-bond acceptors (Lipinski definition) is 12. The summed E-state index contributed by atoms with van der Waals surface area (Å²) < 4.78 is 20.4. The summed E-state index contributed by atoms with van der Waals surface area (Å²) in [4.78, 5) is 25.3. The third-order valence-corrected chi connectivity index (χ3v) is 11.9. The fourth-order valence-electron chi connectivity index (χ4n) is 6.93. The van der Waals surface area contributed by atoms with E-state index in [4.69, 9.17) is 27.0 Å². The maximum Gasteiger partial charge on any atom is 0.323 e. The van der Waals surface area contributed by atoms with Crippen molar-refractivity contribution in [2.24, 2.45) is 0 Å². The van der Waals surface area contributed by atoms with Crippen molar-refractivity contribution in [3.8, 4) is 12.1 Å². The van der Waals surface area contributed by atoms with Gasteiger partial charge in [0.1, 0.15) is 23.8 Å². The molecular weight excluding hydrogens is 565 g/mol. The highest BCUT2D eigenvalue weighted by Crippen LogP contribution is 2.57. The number of aliphatic hydroxyl groups is 1. The molecule has 0 radical (unpaired) electrons. The van der Waals surface area contributed by atoms with Crippen molar-refractivity contribution in [3.63, 3.8) is 0 Å². The number of nitrogens with two attached hydrogens (primary N) is 1. The molecule has 216 valence electrons. The molecule has 1 spiro atoms. The molecule has 0 amide bonds. The maximum absolute atomic E-state index is 14.4. The predicted octanol–water partition coefficient (Wildman–Crippen LogP) is 2.56. The van der Waals surface area contributed by atoms with Crippen molar-refractivity contribution >= 4 is 40.0 Å². The van der Waals surface area contributed by atoms with Gasteiger partial charge < -0.3 is 30.2 Å². The van der Waals surface area contributed by atoms with Gasteiger partial charge in [0.25, 0.3) is 0 Å². The number of fused-ring (bicyclic) bond motifs is 3. The van der Waals surface area contributed by atoms with Crippen LogP contribution in [0.5, 0.6) is 6.01 Å². The second-order valence-corrected chi connectivity index (χ2v) is 14.4. The van der Waals surface area contributed by atoms with Crippen LogP contribution in [0.3, 0.4) is 0 Å². The Labute approximate surface area is 246 Å². The summed E-state index contributed by atoms with van der Waals surface area (Å²) in [6, 6.07) is 2.47. The van der Waals surface area contributed by atoms with Crippen molar-refractivity contribution in [3.05, 3.63) is 27.4 Å². The molecule has 3 saturated heterocycles. The van der Waals surface area contributed by atoms with Crippen molar-refractivity contribution in [2.75, 3.05) is 68.0 Å². The van der Waals surface area contributed by atoms with Gasteiger partial charge in [0.2, 0.25) is 17.4 Å². The molecule has 2 aromatic heterocycles. The van der Waals surface area contributed by atoms with E-state index in [1.165, 1.54) is 11.3 Å². The molecule has 4 aliphatic heterocycles. The molecule has 4 fully saturated rings. The molecule has 14 heteroatoms. The fourth-order valence-corrected chi connectivity index (χ4v) is 9.74. The number of thioether (sulfide) groups is 1. The number of ether oxygens (including phenoxy) is 1. The fraction of sp³-hybridized carbons (Fsp3) is 0.667. The molecule has 3 N–H and O–H groups in total. The molecule has 1 saturated carbocycles. The van der Waals surface area contributed by atoms with E-state index >= 15 is 0 Å². The van der Waals surface area contributed by atoms with Crippen LogP contribution in [0.1, 0.15) is 48.1 Å².